The monoisotopic (exact) mass is 464 g/mol. The number of nitrogens with one attached hydrogen (secondary N) is 2. The number of methoxy groups -OCH3 is 4. The molecule has 0 radical (unpaired) electrons. The number of ether oxygens (including phenoxy) is 4. The number of hydrogen-bond acceptors (Lipinski definition) is 11. The van der Waals surface area contributed by atoms with Gasteiger partial charge in [0.15, 0.2) is 0 Å². The maximum absolute atomic E-state index is 12.2. The van der Waals surface area contributed by atoms with Crippen LogP contribution in [-0.4, -0.2) is 82.3 Å². The summed E-state index contributed by atoms with van der Waals surface area (Å²) in [5.74, 6) is -3.95. The molecule has 0 saturated carbocycles. The van der Waals surface area contributed by atoms with Crippen molar-refractivity contribution in [2.45, 2.75) is 56.7 Å². The molecule has 0 aliphatic carbocycles. The van der Waals surface area contributed by atoms with Gasteiger partial charge in [-0.05, 0) is 19.3 Å². The second kappa shape index (κ2) is 15.6. The van der Waals surface area contributed by atoms with Crippen molar-refractivity contribution in [3.63, 3.8) is 0 Å². The second-order valence-corrected chi connectivity index (χ2v) is 6.61. The van der Waals surface area contributed by atoms with E-state index in [1.54, 1.807) is 0 Å². The third-order valence-corrected chi connectivity index (χ3v) is 4.35. The number of hydrogen-bond donors (Lipinski definition) is 3. The molecule has 0 bridgehead atoms. The normalized spacial score (nSPS) is 13.0. The van der Waals surface area contributed by atoms with E-state index in [-0.39, 0.29) is 38.5 Å². The first-order chi connectivity index (χ1) is 15.1. The van der Waals surface area contributed by atoms with Crippen LogP contribution in [0.25, 0.3) is 0 Å². The van der Waals surface area contributed by atoms with Crippen molar-refractivity contribution in [3.8, 4) is 0 Å². The summed E-state index contributed by atoms with van der Waals surface area (Å²) in [5, 5.41) is 4.83. The molecule has 0 aliphatic heterocycles. The van der Waals surface area contributed by atoms with Crippen LogP contribution >= 0.6 is 0 Å². The van der Waals surface area contributed by atoms with Crippen LogP contribution in [0.5, 0.6) is 0 Å². The molecule has 0 fully saturated rings. The Labute approximate surface area is 185 Å². The van der Waals surface area contributed by atoms with Crippen LogP contribution in [0.4, 0.5) is 0 Å². The van der Waals surface area contributed by atoms with Crippen molar-refractivity contribution in [3.05, 3.63) is 0 Å². The Morgan fingerprint density at radius 1 is 0.625 bits per heavy atom. The molecule has 0 spiro atoms. The minimum Gasteiger partial charge on any atom is -0.469 e. The van der Waals surface area contributed by atoms with Gasteiger partial charge in [0.25, 0.3) is 0 Å². The summed E-state index contributed by atoms with van der Waals surface area (Å²) < 4.78 is 18.2. The van der Waals surface area contributed by atoms with Crippen LogP contribution in [0, 0.1) is 0 Å². The van der Waals surface area contributed by atoms with Crippen molar-refractivity contribution >= 4 is 35.7 Å². The van der Waals surface area contributed by atoms with Gasteiger partial charge in [-0.25, -0.2) is 9.59 Å². The van der Waals surface area contributed by atoms with Gasteiger partial charge in [-0.3, -0.25) is 19.2 Å². The van der Waals surface area contributed by atoms with Crippen LogP contribution < -0.4 is 16.4 Å². The number of carbonyl (C=O) groups is 6. The summed E-state index contributed by atoms with van der Waals surface area (Å²) in [4.78, 5) is 70.7. The van der Waals surface area contributed by atoms with Crippen LogP contribution in [0.15, 0.2) is 0 Å². The molecule has 0 rings (SSSR count). The largest absolute Gasteiger partial charge is 0.469 e. The van der Waals surface area contributed by atoms with E-state index in [2.05, 4.69) is 29.6 Å². The van der Waals surface area contributed by atoms with E-state index in [1.807, 2.05) is 0 Å². The van der Waals surface area contributed by atoms with Gasteiger partial charge in [-0.2, -0.15) is 0 Å². The average molecular weight is 464 g/mol. The van der Waals surface area contributed by atoms with Crippen LogP contribution in [0.2, 0.25) is 0 Å². The number of nitrogens with two attached hydrogens (primary N) is 1. The highest BCUT2D eigenvalue weighted by Gasteiger charge is 2.26. The second-order valence-electron chi connectivity index (χ2n) is 6.61. The van der Waals surface area contributed by atoms with E-state index in [4.69, 9.17) is 5.73 Å². The fraction of sp³-hybridized carbons (Fsp3) is 0.684. The lowest BCUT2D eigenvalue weighted by Crippen LogP contribution is -2.45. The van der Waals surface area contributed by atoms with E-state index in [1.165, 1.54) is 14.2 Å². The van der Waals surface area contributed by atoms with Crippen LogP contribution in [0.1, 0.15) is 38.5 Å². The van der Waals surface area contributed by atoms with Gasteiger partial charge in [-0.1, -0.05) is 0 Å². The van der Waals surface area contributed by atoms with Gasteiger partial charge in [0.1, 0.15) is 18.1 Å². The first kappa shape index (κ1) is 28.8. The highest BCUT2D eigenvalue weighted by atomic mass is 16.5. The van der Waals surface area contributed by atoms with E-state index >= 15 is 0 Å². The molecule has 3 atom stereocenters. The minimum absolute atomic E-state index is 0.00606. The Balaban J connectivity index is 4.82. The molecular formula is C19H31N3O10. The first-order valence-electron chi connectivity index (χ1n) is 9.74. The molecule has 0 aliphatic rings. The smallest absolute Gasteiger partial charge is 0.328 e. The Kier molecular flexibility index (Phi) is 14.0. The minimum atomic E-state index is -1.14. The van der Waals surface area contributed by atoms with E-state index in [0.717, 1.165) is 14.2 Å². The Morgan fingerprint density at radius 3 is 1.44 bits per heavy atom. The van der Waals surface area contributed by atoms with Gasteiger partial charge >= 0.3 is 23.9 Å². The lowest BCUT2D eigenvalue weighted by atomic mass is 10.1. The summed E-state index contributed by atoms with van der Waals surface area (Å²) in [5.41, 5.74) is 5.56. The zero-order valence-electron chi connectivity index (χ0n) is 18.6. The number of carbonyl (C=O) groups excluding carboxylic acids is 6. The Hall–Kier alpha value is -3.22. The number of esters is 4. The zero-order valence-corrected chi connectivity index (χ0v) is 18.6. The lowest BCUT2D eigenvalue weighted by molar-refractivity contribution is -0.147. The van der Waals surface area contributed by atoms with E-state index < -0.39 is 53.8 Å². The predicted molar refractivity (Wildman–Crippen MR) is 108 cm³/mol. The molecule has 2 amide bonds. The molecule has 182 valence electrons. The molecule has 0 aromatic rings. The molecule has 32 heavy (non-hydrogen) atoms. The third-order valence-electron chi connectivity index (χ3n) is 4.35. The van der Waals surface area contributed by atoms with E-state index in [9.17, 15) is 28.8 Å². The van der Waals surface area contributed by atoms with Crippen LogP contribution in [0.3, 0.4) is 0 Å². The summed E-state index contributed by atoms with van der Waals surface area (Å²) in [6.45, 7) is 0. The molecule has 13 heteroatoms. The standard InChI is InChI=1S/C19H31N3O10/c1-29-16(25)10-7-13(19(28)32-4)22-15(24)9-6-12(18(27)31-3)21-14(23)8-5-11(20)17(26)30-2/h11-13H,5-10,20H2,1-4H3,(H,21,23)(H,22,24)/t11-,12-,13-/m0/s1/i20+1,21+1,22+1. The topological polar surface area (TPSA) is 189 Å². The van der Waals surface area contributed by atoms with Crippen molar-refractivity contribution in [1.29, 1.82) is 0 Å². The summed E-state index contributed by atoms with van der Waals surface area (Å²) in [7, 11) is 4.61. The summed E-state index contributed by atoms with van der Waals surface area (Å²) in [6, 6.07) is -3.22. The average Bonchev–Trinajstić information content (AvgIpc) is 2.80. The molecule has 0 heterocycles. The number of rotatable bonds is 14. The van der Waals surface area contributed by atoms with E-state index in [0.29, 0.717) is 0 Å². The number of amides is 2. The summed E-state index contributed by atoms with van der Waals surface area (Å²) in [6.07, 6.45) is -0.693. The Morgan fingerprint density at radius 2 is 1.03 bits per heavy atom. The van der Waals surface area contributed by atoms with Gasteiger partial charge in [-0.15, -0.1) is 0 Å². The molecular weight excluding hydrogens is 433 g/mol. The van der Waals surface area contributed by atoms with Gasteiger partial charge in [0, 0.05) is 19.3 Å². The van der Waals surface area contributed by atoms with Crippen molar-refractivity contribution < 1.29 is 47.7 Å². The molecule has 0 aromatic heterocycles. The van der Waals surface area contributed by atoms with Crippen molar-refractivity contribution in [1.82, 2.24) is 10.6 Å². The molecule has 0 aromatic carbocycles. The molecule has 0 saturated heterocycles. The van der Waals surface area contributed by atoms with Crippen molar-refractivity contribution in [2.24, 2.45) is 5.73 Å². The van der Waals surface area contributed by atoms with Gasteiger partial charge in [0.05, 0.1) is 28.4 Å². The fourth-order valence-electron chi connectivity index (χ4n) is 2.51. The predicted octanol–water partition coefficient (Wildman–Crippen LogP) is -1.68. The molecule has 4 N–H and O–H groups in total. The fourth-order valence-corrected chi connectivity index (χ4v) is 2.51. The summed E-state index contributed by atoms with van der Waals surface area (Å²) >= 11 is 0. The Bertz CT molecular complexity index is 682. The molecule has 0 unspecified atom stereocenters. The highest BCUT2D eigenvalue weighted by Crippen LogP contribution is 2.06. The maximum atomic E-state index is 12.2. The molecule has 13 nitrogen and oxygen atoms in total. The maximum Gasteiger partial charge on any atom is 0.328 e. The lowest BCUT2D eigenvalue weighted by Gasteiger charge is -2.19. The quantitative estimate of drug-likeness (QED) is 0.151. The highest BCUT2D eigenvalue weighted by molar-refractivity contribution is 5.87. The van der Waals surface area contributed by atoms with Crippen molar-refractivity contribution in [2.75, 3.05) is 28.4 Å². The van der Waals surface area contributed by atoms with Gasteiger partial charge in [0.2, 0.25) is 11.8 Å². The third kappa shape index (κ3) is 11.2. The SMILES string of the molecule is COC(=O)CC[C@H]([15NH]C(=O)CC[C@H]([15NH]C(=O)CC[C@H]([15NH2])C(=O)OC)C(=O)OC)C(=O)OC. The van der Waals surface area contributed by atoms with Crippen LogP contribution in [-0.2, 0) is 47.7 Å². The van der Waals surface area contributed by atoms with Gasteiger partial charge < -0.3 is 35.3 Å². The first-order valence-corrected chi connectivity index (χ1v) is 9.74. The zero-order chi connectivity index (χ0) is 24.7.